The van der Waals surface area contributed by atoms with Gasteiger partial charge >= 0.3 is 0 Å². The molecule has 0 N–H and O–H groups in total. The SMILES string of the molecule is C1CCCC/N=N/N=N/CCCC1. The van der Waals surface area contributed by atoms with Crippen LogP contribution < -0.4 is 0 Å². The predicted molar refractivity (Wildman–Crippen MR) is 51.8 cm³/mol. The van der Waals surface area contributed by atoms with E-state index in [2.05, 4.69) is 20.7 Å². The Morgan fingerprint density at radius 2 is 0.846 bits per heavy atom. The van der Waals surface area contributed by atoms with Gasteiger partial charge in [0.2, 0.25) is 0 Å². The lowest BCUT2D eigenvalue weighted by Gasteiger charge is -1.98. The van der Waals surface area contributed by atoms with E-state index < -0.39 is 0 Å². The van der Waals surface area contributed by atoms with Gasteiger partial charge in [-0.25, -0.2) is 0 Å². The molecule has 0 unspecified atom stereocenters. The summed E-state index contributed by atoms with van der Waals surface area (Å²) in [4.78, 5) is 0. The van der Waals surface area contributed by atoms with Crippen molar-refractivity contribution in [1.82, 2.24) is 0 Å². The molecule has 1 aliphatic heterocycles. The van der Waals surface area contributed by atoms with Crippen LogP contribution in [-0.4, -0.2) is 13.1 Å². The highest BCUT2D eigenvalue weighted by Crippen LogP contribution is 2.08. The van der Waals surface area contributed by atoms with Gasteiger partial charge in [0, 0.05) is 0 Å². The molecule has 1 rings (SSSR count). The summed E-state index contributed by atoms with van der Waals surface area (Å²) < 4.78 is 0. The van der Waals surface area contributed by atoms with E-state index in [0.29, 0.717) is 0 Å². The summed E-state index contributed by atoms with van der Waals surface area (Å²) in [5.74, 6) is 0. The maximum Gasteiger partial charge on any atom is 0.0621 e. The second kappa shape index (κ2) is 7.83. The third-order valence-corrected chi connectivity index (χ3v) is 2.18. The van der Waals surface area contributed by atoms with E-state index in [4.69, 9.17) is 0 Å². The minimum Gasteiger partial charge on any atom is -0.167 e. The third kappa shape index (κ3) is 6.37. The molecule has 74 valence electrons. The van der Waals surface area contributed by atoms with Crippen molar-refractivity contribution in [2.45, 2.75) is 44.9 Å². The maximum atomic E-state index is 3.90. The van der Waals surface area contributed by atoms with E-state index in [0.717, 1.165) is 25.9 Å². The summed E-state index contributed by atoms with van der Waals surface area (Å²) in [6, 6.07) is 0. The van der Waals surface area contributed by atoms with Gasteiger partial charge in [-0.2, -0.15) is 10.2 Å². The number of nitrogens with zero attached hydrogens (tertiary/aromatic N) is 4. The molecule has 0 aromatic carbocycles. The molecule has 0 atom stereocenters. The Labute approximate surface area is 79.5 Å². The van der Waals surface area contributed by atoms with E-state index in [9.17, 15) is 0 Å². The van der Waals surface area contributed by atoms with Crippen LogP contribution in [0.2, 0.25) is 0 Å². The van der Waals surface area contributed by atoms with Gasteiger partial charge in [0.15, 0.2) is 0 Å². The maximum absolute atomic E-state index is 3.90. The second-order valence-electron chi connectivity index (χ2n) is 3.38. The molecule has 0 aromatic heterocycles. The zero-order chi connectivity index (χ0) is 9.19. The standard InChI is InChI=1S/C9H18N4/c1-2-4-6-8-10-12-13-11-9-7-5-3-1/h1-9H2/b12-10+,13-11+. The topological polar surface area (TPSA) is 49.4 Å². The summed E-state index contributed by atoms with van der Waals surface area (Å²) in [5.41, 5.74) is 0. The monoisotopic (exact) mass is 182 g/mol. The molecule has 0 amide bonds. The van der Waals surface area contributed by atoms with Crippen LogP contribution in [0.3, 0.4) is 0 Å². The van der Waals surface area contributed by atoms with Crippen LogP contribution in [0.15, 0.2) is 20.7 Å². The van der Waals surface area contributed by atoms with Crippen LogP contribution in [-0.2, 0) is 0 Å². The second-order valence-corrected chi connectivity index (χ2v) is 3.38. The van der Waals surface area contributed by atoms with E-state index >= 15 is 0 Å². The number of rotatable bonds is 0. The van der Waals surface area contributed by atoms with Crippen LogP contribution in [0.25, 0.3) is 0 Å². The molecule has 13 heavy (non-hydrogen) atoms. The van der Waals surface area contributed by atoms with Gasteiger partial charge in [-0.3, -0.25) is 0 Å². The van der Waals surface area contributed by atoms with Crippen LogP contribution in [0.4, 0.5) is 0 Å². The van der Waals surface area contributed by atoms with Gasteiger partial charge in [-0.05, 0) is 23.3 Å². The molecule has 0 radical (unpaired) electrons. The largest absolute Gasteiger partial charge is 0.167 e. The minimum absolute atomic E-state index is 0.805. The summed E-state index contributed by atoms with van der Waals surface area (Å²) in [6.45, 7) is 1.61. The molecular weight excluding hydrogens is 164 g/mol. The van der Waals surface area contributed by atoms with Gasteiger partial charge in [-0.1, -0.05) is 32.1 Å². The molecule has 0 aromatic rings. The van der Waals surface area contributed by atoms with Crippen LogP contribution in [0, 0.1) is 0 Å². The lowest BCUT2D eigenvalue weighted by molar-refractivity contribution is 0.585. The molecule has 0 saturated heterocycles. The first-order valence-corrected chi connectivity index (χ1v) is 5.23. The Hall–Kier alpha value is -0.800. The van der Waals surface area contributed by atoms with Gasteiger partial charge < -0.3 is 0 Å². The van der Waals surface area contributed by atoms with Crippen molar-refractivity contribution in [3.05, 3.63) is 0 Å². The normalized spacial score (nSPS) is 26.5. The number of hydrogen-bond acceptors (Lipinski definition) is 4. The van der Waals surface area contributed by atoms with E-state index in [1.54, 1.807) is 0 Å². The first-order chi connectivity index (χ1) is 6.50. The van der Waals surface area contributed by atoms with Crippen molar-refractivity contribution in [1.29, 1.82) is 0 Å². The van der Waals surface area contributed by atoms with Crippen molar-refractivity contribution in [2.75, 3.05) is 13.1 Å². The lowest BCUT2D eigenvalue weighted by Crippen LogP contribution is -1.83. The zero-order valence-electron chi connectivity index (χ0n) is 8.15. The Balaban J connectivity index is 2.18. The smallest absolute Gasteiger partial charge is 0.0621 e. The minimum atomic E-state index is 0.805. The van der Waals surface area contributed by atoms with Crippen molar-refractivity contribution < 1.29 is 0 Å². The van der Waals surface area contributed by atoms with Crippen molar-refractivity contribution in [2.24, 2.45) is 20.7 Å². The molecule has 4 nitrogen and oxygen atoms in total. The van der Waals surface area contributed by atoms with Crippen molar-refractivity contribution in [3.8, 4) is 0 Å². The Bertz CT molecular complexity index is 147. The molecule has 0 saturated carbocycles. The van der Waals surface area contributed by atoms with E-state index in [-0.39, 0.29) is 0 Å². The highest BCUT2D eigenvalue weighted by Gasteiger charge is 1.92. The molecule has 0 fully saturated rings. The van der Waals surface area contributed by atoms with Crippen LogP contribution in [0.5, 0.6) is 0 Å². The fourth-order valence-corrected chi connectivity index (χ4v) is 1.39. The van der Waals surface area contributed by atoms with Crippen molar-refractivity contribution in [3.63, 3.8) is 0 Å². The highest BCUT2D eigenvalue weighted by molar-refractivity contribution is 4.49. The average molecular weight is 182 g/mol. The summed E-state index contributed by atoms with van der Waals surface area (Å²) in [5, 5.41) is 15.0. The third-order valence-electron chi connectivity index (χ3n) is 2.18. The molecule has 0 spiro atoms. The highest BCUT2D eigenvalue weighted by atomic mass is 15.5. The van der Waals surface area contributed by atoms with E-state index in [1.165, 1.54) is 32.1 Å². The first kappa shape index (κ1) is 10.3. The molecular formula is C9H18N4. The summed E-state index contributed by atoms with van der Waals surface area (Å²) >= 11 is 0. The molecule has 1 heterocycles. The average Bonchev–Trinajstić information content (AvgIpc) is 2.18. The van der Waals surface area contributed by atoms with Gasteiger partial charge in [-0.15, -0.1) is 0 Å². The van der Waals surface area contributed by atoms with Crippen LogP contribution in [0.1, 0.15) is 44.9 Å². The fourth-order valence-electron chi connectivity index (χ4n) is 1.39. The molecule has 0 bridgehead atoms. The zero-order valence-corrected chi connectivity index (χ0v) is 8.15. The lowest BCUT2D eigenvalue weighted by atomic mass is 10.1. The fraction of sp³-hybridized carbons (Fsp3) is 1.00. The van der Waals surface area contributed by atoms with Crippen LogP contribution >= 0.6 is 0 Å². The van der Waals surface area contributed by atoms with Gasteiger partial charge in [0.1, 0.15) is 0 Å². The molecule has 1 aliphatic rings. The van der Waals surface area contributed by atoms with Gasteiger partial charge in [0.05, 0.1) is 13.1 Å². The van der Waals surface area contributed by atoms with Crippen molar-refractivity contribution >= 4 is 0 Å². The number of hydrogen-bond donors (Lipinski definition) is 0. The summed E-state index contributed by atoms with van der Waals surface area (Å²) in [7, 11) is 0. The van der Waals surface area contributed by atoms with E-state index in [1.807, 2.05) is 0 Å². The molecule has 0 aliphatic carbocycles. The quantitative estimate of drug-likeness (QED) is 0.550. The summed E-state index contributed by atoms with van der Waals surface area (Å²) in [6.07, 6.45) is 8.85. The Morgan fingerprint density at radius 3 is 1.31 bits per heavy atom. The Kier molecular flexibility index (Phi) is 6.19. The predicted octanol–water partition coefficient (Wildman–Crippen LogP) is 3.55. The molecule has 4 heteroatoms. The van der Waals surface area contributed by atoms with Gasteiger partial charge in [0.25, 0.3) is 0 Å². The Morgan fingerprint density at radius 1 is 0.462 bits per heavy atom. The first-order valence-electron chi connectivity index (χ1n) is 5.23.